The highest BCUT2D eigenvalue weighted by molar-refractivity contribution is 6.31. The average Bonchev–Trinajstić information content (AvgIpc) is 2.79. The predicted octanol–water partition coefficient (Wildman–Crippen LogP) is 2.69. The van der Waals surface area contributed by atoms with Gasteiger partial charge < -0.3 is 20.5 Å². The maximum Gasteiger partial charge on any atom is 0.335 e. The van der Waals surface area contributed by atoms with Crippen molar-refractivity contribution in [2.24, 2.45) is 0 Å². The summed E-state index contributed by atoms with van der Waals surface area (Å²) in [5.41, 5.74) is 7.52. The van der Waals surface area contributed by atoms with E-state index in [9.17, 15) is 4.79 Å². The van der Waals surface area contributed by atoms with E-state index in [0.717, 1.165) is 24.2 Å². The zero-order chi connectivity index (χ0) is 18.0. The summed E-state index contributed by atoms with van der Waals surface area (Å²) < 4.78 is 5.72. The molecule has 1 aliphatic heterocycles. The van der Waals surface area contributed by atoms with Gasteiger partial charge in [-0.15, -0.1) is 0 Å². The molecule has 0 saturated carbocycles. The summed E-state index contributed by atoms with van der Waals surface area (Å²) in [5, 5.41) is 9.51. The van der Waals surface area contributed by atoms with Gasteiger partial charge in [-0.3, -0.25) is 0 Å². The number of rotatable bonds is 3. The Morgan fingerprint density at radius 3 is 2.88 bits per heavy atom. The number of benzene rings is 1. The van der Waals surface area contributed by atoms with Crippen molar-refractivity contribution in [2.75, 3.05) is 30.4 Å². The quantitative estimate of drug-likeness (QED) is 0.865. The molecule has 25 heavy (non-hydrogen) atoms. The summed E-state index contributed by atoms with van der Waals surface area (Å²) in [6.45, 7) is 3.64. The fourth-order valence-electron chi connectivity index (χ4n) is 2.96. The van der Waals surface area contributed by atoms with Crippen molar-refractivity contribution in [3.63, 3.8) is 0 Å². The van der Waals surface area contributed by atoms with Gasteiger partial charge in [0.25, 0.3) is 0 Å². The normalized spacial score (nSPS) is 18.0. The number of aromatic nitrogens is 2. The number of carboxylic acid groups (broad SMARTS) is 1. The Kier molecular flexibility index (Phi) is 5.06. The van der Waals surface area contributed by atoms with Crippen molar-refractivity contribution in [1.29, 1.82) is 0 Å². The van der Waals surface area contributed by atoms with Gasteiger partial charge in [-0.05, 0) is 31.0 Å². The third kappa shape index (κ3) is 3.83. The van der Waals surface area contributed by atoms with Crippen molar-refractivity contribution in [2.45, 2.75) is 19.4 Å². The van der Waals surface area contributed by atoms with Crippen LogP contribution in [0, 0.1) is 6.92 Å². The summed E-state index contributed by atoms with van der Waals surface area (Å²) in [5.74, 6) is -0.0910. The van der Waals surface area contributed by atoms with Gasteiger partial charge in [0.2, 0.25) is 5.95 Å². The summed E-state index contributed by atoms with van der Waals surface area (Å²) >= 11 is 6.37. The Hall–Kier alpha value is -2.38. The lowest BCUT2D eigenvalue weighted by atomic mass is 10.0. The van der Waals surface area contributed by atoms with Crippen LogP contribution in [0.5, 0.6) is 0 Å². The number of anilines is 2. The highest BCUT2D eigenvalue weighted by Crippen LogP contribution is 2.33. The molecular weight excluding hydrogens is 344 g/mol. The molecular formula is C17H19ClN4O3. The van der Waals surface area contributed by atoms with E-state index in [0.29, 0.717) is 24.1 Å². The lowest BCUT2D eigenvalue weighted by molar-refractivity contribution is 0.0697. The first-order valence-electron chi connectivity index (χ1n) is 7.94. The van der Waals surface area contributed by atoms with Crippen LogP contribution in [0.3, 0.4) is 0 Å². The van der Waals surface area contributed by atoms with Crippen molar-refractivity contribution >= 4 is 29.3 Å². The van der Waals surface area contributed by atoms with E-state index < -0.39 is 5.97 Å². The number of hydrogen-bond donors (Lipinski definition) is 2. The zero-order valence-electron chi connectivity index (χ0n) is 13.8. The number of nitrogens with two attached hydrogens (primary N) is 1. The molecule has 2 heterocycles. The minimum atomic E-state index is -1.01. The van der Waals surface area contributed by atoms with Gasteiger partial charge in [0.1, 0.15) is 5.82 Å². The molecule has 132 valence electrons. The summed E-state index contributed by atoms with van der Waals surface area (Å²) in [4.78, 5) is 21.7. The molecule has 2 aromatic rings. The van der Waals surface area contributed by atoms with Gasteiger partial charge in [-0.25, -0.2) is 9.78 Å². The second-order valence-corrected chi connectivity index (χ2v) is 6.31. The molecule has 3 rings (SSSR count). The fraction of sp³-hybridized carbons (Fsp3) is 0.353. The molecule has 1 aromatic heterocycles. The van der Waals surface area contributed by atoms with E-state index in [1.54, 1.807) is 12.1 Å². The number of nitrogens with zero attached hydrogens (tertiary/aromatic N) is 3. The molecule has 0 bridgehead atoms. The predicted molar refractivity (Wildman–Crippen MR) is 95.1 cm³/mol. The van der Waals surface area contributed by atoms with Crippen molar-refractivity contribution in [1.82, 2.24) is 9.97 Å². The van der Waals surface area contributed by atoms with E-state index in [2.05, 4.69) is 14.9 Å². The molecule has 1 aliphatic rings. The Morgan fingerprint density at radius 1 is 1.40 bits per heavy atom. The number of ether oxygens (including phenoxy) is 1. The first-order valence-corrected chi connectivity index (χ1v) is 8.32. The van der Waals surface area contributed by atoms with Crippen molar-refractivity contribution in [3.05, 3.63) is 46.1 Å². The molecule has 8 heteroatoms. The van der Waals surface area contributed by atoms with Crippen molar-refractivity contribution < 1.29 is 14.6 Å². The maximum absolute atomic E-state index is 11.1. The van der Waals surface area contributed by atoms with Gasteiger partial charge >= 0.3 is 5.97 Å². The molecule has 1 fully saturated rings. The summed E-state index contributed by atoms with van der Waals surface area (Å²) in [7, 11) is 0. The van der Waals surface area contributed by atoms with Gasteiger partial charge in [0, 0.05) is 29.9 Å². The topological polar surface area (TPSA) is 102 Å². The van der Waals surface area contributed by atoms with E-state index in [4.69, 9.17) is 27.2 Å². The molecule has 1 atom stereocenters. The molecule has 3 N–H and O–H groups in total. The summed E-state index contributed by atoms with van der Waals surface area (Å²) in [6, 6.07) is 6.42. The van der Waals surface area contributed by atoms with Crippen LogP contribution >= 0.6 is 11.6 Å². The molecule has 0 spiro atoms. The molecule has 7 nitrogen and oxygen atoms in total. The number of nitrogen functional groups attached to an aromatic ring is 1. The molecule has 1 aromatic carbocycles. The summed E-state index contributed by atoms with van der Waals surface area (Å²) in [6.07, 6.45) is 0.838. The number of aromatic carboxylic acids is 1. The lowest BCUT2D eigenvalue weighted by Crippen LogP contribution is -2.32. The van der Waals surface area contributed by atoms with Crippen LogP contribution in [0.2, 0.25) is 5.02 Å². The largest absolute Gasteiger partial charge is 0.478 e. The van der Waals surface area contributed by atoms with Gasteiger partial charge in [0.15, 0.2) is 0 Å². The standard InChI is InChI=1S/C17H19ClN4O3/c1-10-7-15(21-17(19)20-10)22-5-2-6-25-9-14(22)12-4-3-11(16(23)24)8-13(12)18/h3-4,7-8,14H,2,5-6,9H2,1H3,(H,23,24)(H2,19,20,21)/t14-/m0/s1. The van der Waals surface area contributed by atoms with Gasteiger partial charge in [0.05, 0.1) is 18.2 Å². The smallest absolute Gasteiger partial charge is 0.335 e. The van der Waals surface area contributed by atoms with Crippen LogP contribution in [0.1, 0.15) is 34.1 Å². The van der Waals surface area contributed by atoms with Crippen LogP contribution in [-0.4, -0.2) is 40.8 Å². The zero-order valence-corrected chi connectivity index (χ0v) is 14.5. The van der Waals surface area contributed by atoms with E-state index in [-0.39, 0.29) is 17.6 Å². The Morgan fingerprint density at radius 2 is 2.20 bits per heavy atom. The fourth-order valence-corrected chi connectivity index (χ4v) is 3.27. The highest BCUT2D eigenvalue weighted by Gasteiger charge is 2.27. The number of carbonyl (C=O) groups is 1. The third-order valence-electron chi connectivity index (χ3n) is 4.10. The minimum Gasteiger partial charge on any atom is -0.478 e. The van der Waals surface area contributed by atoms with E-state index in [1.165, 1.54) is 6.07 Å². The highest BCUT2D eigenvalue weighted by atomic mass is 35.5. The lowest BCUT2D eigenvalue weighted by Gasteiger charge is -2.31. The molecule has 0 unspecified atom stereocenters. The number of carboxylic acids is 1. The first-order chi connectivity index (χ1) is 12.0. The SMILES string of the molecule is Cc1cc(N2CCCOC[C@H]2c2ccc(C(=O)O)cc2Cl)nc(N)n1. The maximum atomic E-state index is 11.1. The Labute approximate surface area is 150 Å². The van der Waals surface area contributed by atoms with Crippen LogP contribution in [0.25, 0.3) is 0 Å². The van der Waals surface area contributed by atoms with E-state index >= 15 is 0 Å². The van der Waals surface area contributed by atoms with Crippen LogP contribution < -0.4 is 10.6 Å². The Bertz CT molecular complexity index is 779. The average molecular weight is 363 g/mol. The van der Waals surface area contributed by atoms with Crippen LogP contribution in [0.15, 0.2) is 24.3 Å². The van der Waals surface area contributed by atoms with Crippen LogP contribution in [0.4, 0.5) is 11.8 Å². The monoisotopic (exact) mass is 362 g/mol. The third-order valence-corrected chi connectivity index (χ3v) is 4.43. The van der Waals surface area contributed by atoms with E-state index in [1.807, 2.05) is 13.0 Å². The number of hydrogen-bond acceptors (Lipinski definition) is 6. The Balaban J connectivity index is 2.02. The van der Waals surface area contributed by atoms with Crippen LogP contribution in [-0.2, 0) is 4.74 Å². The molecule has 0 amide bonds. The van der Waals surface area contributed by atoms with Gasteiger partial charge in [-0.1, -0.05) is 17.7 Å². The van der Waals surface area contributed by atoms with Gasteiger partial charge in [-0.2, -0.15) is 4.98 Å². The molecule has 1 saturated heterocycles. The second kappa shape index (κ2) is 7.25. The first kappa shape index (κ1) is 17.4. The molecule has 0 aliphatic carbocycles. The second-order valence-electron chi connectivity index (χ2n) is 5.90. The van der Waals surface area contributed by atoms with Crippen molar-refractivity contribution in [3.8, 4) is 0 Å². The number of aryl methyl sites for hydroxylation is 1. The number of halogens is 1. The minimum absolute atomic E-state index is 0.150. The molecule has 0 radical (unpaired) electrons.